The molecule has 2 N–H and O–H groups in total. The van der Waals surface area contributed by atoms with Gasteiger partial charge in [0.2, 0.25) is 5.91 Å². The number of carbonyl (C=O) groups is 1. The number of likely N-dealkylation sites (N-methyl/N-ethyl adjacent to an activating group) is 1. The van der Waals surface area contributed by atoms with Gasteiger partial charge in [-0.2, -0.15) is 0 Å². The van der Waals surface area contributed by atoms with Crippen LogP contribution in [0.5, 0.6) is 0 Å². The van der Waals surface area contributed by atoms with Gasteiger partial charge in [-0.25, -0.2) is 9.38 Å². The van der Waals surface area contributed by atoms with Crippen molar-refractivity contribution in [3.05, 3.63) is 71.5 Å². The van der Waals surface area contributed by atoms with Crippen LogP contribution in [0.4, 0.5) is 4.39 Å². The van der Waals surface area contributed by atoms with E-state index in [1.165, 1.54) is 17.0 Å². The number of nitrogens with one attached hydrogen (secondary N) is 2. The Bertz CT molecular complexity index is 751. The average Bonchev–Trinajstić information content (AvgIpc) is 2.67. The molecular weight excluding hydrogens is 470 g/mol. The zero-order chi connectivity index (χ0) is 19.6. The fourth-order valence-electron chi connectivity index (χ4n) is 2.45. The first-order valence-corrected chi connectivity index (χ1v) is 9.00. The first-order chi connectivity index (χ1) is 13.0. The third-order valence-electron chi connectivity index (χ3n) is 4.14. The molecule has 2 aromatic carbocycles. The Hall–Kier alpha value is -2.16. The fourth-order valence-corrected chi connectivity index (χ4v) is 2.45. The lowest BCUT2D eigenvalue weighted by Gasteiger charge is -2.19. The highest BCUT2D eigenvalue weighted by Crippen LogP contribution is 2.10. The number of amides is 1. The summed E-state index contributed by atoms with van der Waals surface area (Å²) in [5.41, 5.74) is 2.16. The van der Waals surface area contributed by atoms with Crippen molar-refractivity contribution in [2.24, 2.45) is 4.99 Å². The number of hydrogen-bond donors (Lipinski definition) is 2. The highest BCUT2D eigenvalue weighted by Gasteiger charge is 2.09. The number of rotatable bonds is 7. The largest absolute Gasteiger partial charge is 0.356 e. The average molecular weight is 498 g/mol. The van der Waals surface area contributed by atoms with E-state index in [-0.39, 0.29) is 48.3 Å². The maximum absolute atomic E-state index is 13.0. The van der Waals surface area contributed by atoms with Gasteiger partial charge in [-0.1, -0.05) is 42.5 Å². The maximum Gasteiger partial charge on any atom is 0.243 e. The van der Waals surface area contributed by atoms with E-state index in [9.17, 15) is 9.18 Å². The Morgan fingerprint density at radius 1 is 1.11 bits per heavy atom. The van der Waals surface area contributed by atoms with E-state index in [0.717, 1.165) is 17.5 Å². The van der Waals surface area contributed by atoms with Crippen LogP contribution >= 0.6 is 24.0 Å². The Labute approximate surface area is 183 Å². The zero-order valence-corrected chi connectivity index (χ0v) is 18.8. The minimum Gasteiger partial charge on any atom is -0.356 e. The smallest absolute Gasteiger partial charge is 0.243 e. The van der Waals surface area contributed by atoms with Gasteiger partial charge in [0.15, 0.2) is 5.96 Å². The second-order valence-electron chi connectivity index (χ2n) is 6.53. The van der Waals surface area contributed by atoms with E-state index in [1.54, 1.807) is 26.2 Å². The standard InChI is InChI=1S/C21H27FN4O.HI/c1-16(18-7-5-4-6-8-18)25-21(24-15-20(27)26(2)3)23-14-13-17-9-11-19(22)12-10-17;/h4-12,16H,13-15H2,1-3H3,(H2,23,24,25);1H. The molecule has 0 aliphatic carbocycles. The van der Waals surface area contributed by atoms with Crippen molar-refractivity contribution in [1.82, 2.24) is 15.5 Å². The fraction of sp³-hybridized carbons (Fsp3) is 0.333. The summed E-state index contributed by atoms with van der Waals surface area (Å²) in [5, 5.41) is 6.58. The summed E-state index contributed by atoms with van der Waals surface area (Å²) in [6.45, 7) is 2.73. The molecule has 2 rings (SSSR count). The van der Waals surface area contributed by atoms with Crippen LogP contribution in [-0.4, -0.2) is 44.0 Å². The number of aliphatic imine (C=N–C) groups is 1. The predicted octanol–water partition coefficient (Wildman–Crippen LogP) is 3.37. The summed E-state index contributed by atoms with van der Waals surface area (Å²) in [7, 11) is 3.42. The van der Waals surface area contributed by atoms with Gasteiger partial charge >= 0.3 is 0 Å². The van der Waals surface area contributed by atoms with Crippen LogP contribution in [0.2, 0.25) is 0 Å². The van der Waals surface area contributed by atoms with Gasteiger partial charge in [0.25, 0.3) is 0 Å². The molecular formula is C21H28FIN4O. The molecule has 28 heavy (non-hydrogen) atoms. The molecule has 0 spiro atoms. The van der Waals surface area contributed by atoms with Gasteiger partial charge in [-0.05, 0) is 36.6 Å². The Kier molecular flexibility index (Phi) is 10.5. The molecule has 1 atom stereocenters. The van der Waals surface area contributed by atoms with Crippen LogP contribution < -0.4 is 10.6 Å². The minimum atomic E-state index is -0.241. The summed E-state index contributed by atoms with van der Waals surface area (Å²) in [6.07, 6.45) is 0.725. The Morgan fingerprint density at radius 3 is 2.36 bits per heavy atom. The van der Waals surface area contributed by atoms with Crippen LogP contribution in [-0.2, 0) is 11.2 Å². The highest BCUT2D eigenvalue weighted by atomic mass is 127. The lowest BCUT2D eigenvalue weighted by molar-refractivity contribution is -0.127. The van der Waals surface area contributed by atoms with E-state index in [2.05, 4.69) is 15.6 Å². The minimum absolute atomic E-state index is 0. The summed E-state index contributed by atoms with van der Waals surface area (Å²) in [4.78, 5) is 17.8. The second-order valence-corrected chi connectivity index (χ2v) is 6.53. The van der Waals surface area contributed by atoms with E-state index >= 15 is 0 Å². The van der Waals surface area contributed by atoms with Crippen molar-refractivity contribution >= 4 is 35.8 Å². The lowest BCUT2D eigenvalue weighted by Crippen LogP contribution is -2.40. The van der Waals surface area contributed by atoms with Crippen LogP contribution in [0.25, 0.3) is 0 Å². The Morgan fingerprint density at radius 2 is 1.75 bits per heavy atom. The zero-order valence-electron chi connectivity index (χ0n) is 16.5. The quantitative estimate of drug-likeness (QED) is 0.350. The van der Waals surface area contributed by atoms with E-state index < -0.39 is 0 Å². The number of nitrogens with zero attached hydrogens (tertiary/aromatic N) is 2. The van der Waals surface area contributed by atoms with Gasteiger partial charge < -0.3 is 15.5 Å². The van der Waals surface area contributed by atoms with Gasteiger partial charge in [-0.15, -0.1) is 24.0 Å². The van der Waals surface area contributed by atoms with Crippen molar-refractivity contribution in [2.75, 3.05) is 27.2 Å². The van der Waals surface area contributed by atoms with Crippen LogP contribution in [0, 0.1) is 5.82 Å². The molecule has 1 amide bonds. The van der Waals surface area contributed by atoms with Crippen molar-refractivity contribution in [2.45, 2.75) is 19.4 Å². The molecule has 0 bridgehead atoms. The monoisotopic (exact) mass is 498 g/mol. The topological polar surface area (TPSA) is 56.7 Å². The number of guanidine groups is 1. The van der Waals surface area contributed by atoms with Gasteiger partial charge in [0, 0.05) is 20.6 Å². The first kappa shape index (κ1) is 23.9. The van der Waals surface area contributed by atoms with Crippen LogP contribution in [0.15, 0.2) is 59.6 Å². The molecule has 152 valence electrons. The molecule has 0 radical (unpaired) electrons. The maximum atomic E-state index is 13.0. The lowest BCUT2D eigenvalue weighted by atomic mass is 10.1. The molecule has 0 heterocycles. The normalized spacial score (nSPS) is 11.9. The number of carbonyl (C=O) groups excluding carboxylic acids is 1. The molecule has 2 aromatic rings. The summed E-state index contributed by atoms with van der Waals surface area (Å²) < 4.78 is 13.0. The number of benzene rings is 2. The summed E-state index contributed by atoms with van der Waals surface area (Å²) in [5.74, 6) is 0.264. The molecule has 0 aromatic heterocycles. The molecule has 0 aliphatic heterocycles. The summed E-state index contributed by atoms with van der Waals surface area (Å²) >= 11 is 0. The van der Waals surface area contributed by atoms with E-state index in [0.29, 0.717) is 12.5 Å². The van der Waals surface area contributed by atoms with Crippen molar-refractivity contribution in [3.63, 3.8) is 0 Å². The van der Waals surface area contributed by atoms with E-state index in [4.69, 9.17) is 0 Å². The van der Waals surface area contributed by atoms with Crippen molar-refractivity contribution < 1.29 is 9.18 Å². The SMILES string of the molecule is CC(NC(=NCC(=O)N(C)C)NCCc1ccc(F)cc1)c1ccccc1.I. The number of hydrogen-bond acceptors (Lipinski definition) is 2. The third-order valence-corrected chi connectivity index (χ3v) is 4.14. The molecule has 1 unspecified atom stereocenters. The third kappa shape index (κ3) is 8.24. The molecule has 0 fully saturated rings. The molecule has 7 heteroatoms. The molecule has 0 aliphatic rings. The van der Waals surface area contributed by atoms with Crippen LogP contribution in [0.1, 0.15) is 24.1 Å². The van der Waals surface area contributed by atoms with Gasteiger partial charge in [-0.3, -0.25) is 4.79 Å². The van der Waals surface area contributed by atoms with Crippen molar-refractivity contribution in [3.8, 4) is 0 Å². The molecule has 0 saturated carbocycles. The highest BCUT2D eigenvalue weighted by molar-refractivity contribution is 14.0. The van der Waals surface area contributed by atoms with Gasteiger partial charge in [0.05, 0.1) is 6.04 Å². The van der Waals surface area contributed by atoms with E-state index in [1.807, 2.05) is 37.3 Å². The first-order valence-electron chi connectivity index (χ1n) is 9.00. The van der Waals surface area contributed by atoms with Crippen molar-refractivity contribution in [1.29, 1.82) is 0 Å². The Balaban J connectivity index is 0.00000392. The molecule has 5 nitrogen and oxygen atoms in total. The number of halogens is 2. The molecule has 0 saturated heterocycles. The second kappa shape index (κ2) is 12.3. The predicted molar refractivity (Wildman–Crippen MR) is 123 cm³/mol. The summed E-state index contributed by atoms with van der Waals surface area (Å²) in [6, 6.07) is 16.5. The van der Waals surface area contributed by atoms with Crippen LogP contribution in [0.3, 0.4) is 0 Å². The van der Waals surface area contributed by atoms with Gasteiger partial charge in [0.1, 0.15) is 12.4 Å².